The standard InChI is InChI=1S/C21H20N2O3S/c1-14(24)22-20-8-4-6-16-13-17(10-11-19(16)20)27(25,26)23-21-12-9-15-5-2-3-7-18(15)21/h2-8,10-11,13,21,23H,9,12H2,1H3,(H,22,24). The summed E-state index contributed by atoms with van der Waals surface area (Å²) >= 11 is 0. The van der Waals surface area contributed by atoms with Crippen LogP contribution in [0.4, 0.5) is 5.69 Å². The maximum Gasteiger partial charge on any atom is 0.241 e. The molecule has 0 spiro atoms. The zero-order valence-electron chi connectivity index (χ0n) is 14.9. The molecule has 1 aliphatic carbocycles. The Morgan fingerprint density at radius 1 is 1.04 bits per heavy atom. The minimum atomic E-state index is -3.65. The van der Waals surface area contributed by atoms with Crippen molar-refractivity contribution >= 4 is 32.4 Å². The zero-order chi connectivity index (χ0) is 19.0. The minimum Gasteiger partial charge on any atom is -0.326 e. The summed E-state index contributed by atoms with van der Waals surface area (Å²) in [6.07, 6.45) is 1.64. The third kappa shape index (κ3) is 3.46. The van der Waals surface area contributed by atoms with E-state index in [0.717, 1.165) is 29.2 Å². The van der Waals surface area contributed by atoms with Gasteiger partial charge < -0.3 is 5.32 Å². The fourth-order valence-electron chi connectivity index (χ4n) is 3.66. The van der Waals surface area contributed by atoms with Gasteiger partial charge in [0.05, 0.1) is 4.90 Å². The normalized spacial score (nSPS) is 16.3. The third-order valence-corrected chi connectivity index (χ3v) is 6.37. The summed E-state index contributed by atoms with van der Waals surface area (Å²) in [6, 6.07) is 18.1. The number of hydrogen-bond donors (Lipinski definition) is 2. The Morgan fingerprint density at radius 2 is 1.85 bits per heavy atom. The van der Waals surface area contributed by atoms with Crippen LogP contribution in [0.2, 0.25) is 0 Å². The van der Waals surface area contributed by atoms with Crippen molar-refractivity contribution in [2.24, 2.45) is 0 Å². The van der Waals surface area contributed by atoms with E-state index in [4.69, 9.17) is 0 Å². The highest BCUT2D eigenvalue weighted by Gasteiger charge is 2.27. The Labute approximate surface area is 158 Å². The number of sulfonamides is 1. The lowest BCUT2D eigenvalue weighted by atomic mass is 10.1. The number of rotatable bonds is 4. The summed E-state index contributed by atoms with van der Waals surface area (Å²) in [5, 5.41) is 4.34. The fourth-order valence-corrected chi connectivity index (χ4v) is 4.95. The van der Waals surface area contributed by atoms with E-state index in [1.165, 1.54) is 12.5 Å². The summed E-state index contributed by atoms with van der Waals surface area (Å²) in [5.74, 6) is -0.166. The molecule has 4 rings (SSSR count). The van der Waals surface area contributed by atoms with Crippen molar-refractivity contribution in [1.29, 1.82) is 0 Å². The largest absolute Gasteiger partial charge is 0.326 e. The zero-order valence-corrected chi connectivity index (χ0v) is 15.7. The number of carbonyl (C=O) groups excluding carboxylic acids is 1. The molecule has 138 valence electrons. The maximum atomic E-state index is 12.9. The Bertz CT molecular complexity index is 1140. The second-order valence-corrected chi connectivity index (χ2v) is 8.50. The van der Waals surface area contributed by atoms with Gasteiger partial charge in [-0.3, -0.25) is 4.79 Å². The van der Waals surface area contributed by atoms with Gasteiger partial charge in [-0.25, -0.2) is 13.1 Å². The van der Waals surface area contributed by atoms with Gasteiger partial charge in [0.2, 0.25) is 15.9 Å². The van der Waals surface area contributed by atoms with Gasteiger partial charge in [0.1, 0.15) is 0 Å². The van der Waals surface area contributed by atoms with Gasteiger partial charge in [-0.05, 0) is 47.6 Å². The highest BCUT2D eigenvalue weighted by atomic mass is 32.2. The molecule has 3 aromatic rings. The van der Waals surface area contributed by atoms with Gasteiger partial charge in [0.15, 0.2) is 0 Å². The van der Waals surface area contributed by atoms with Crippen molar-refractivity contribution in [2.75, 3.05) is 5.32 Å². The van der Waals surface area contributed by atoms with Crippen LogP contribution in [-0.4, -0.2) is 14.3 Å². The quantitative estimate of drug-likeness (QED) is 0.724. The molecule has 1 aliphatic rings. The van der Waals surface area contributed by atoms with Gasteiger partial charge in [0.25, 0.3) is 0 Å². The van der Waals surface area contributed by atoms with Crippen LogP contribution in [0.1, 0.15) is 30.5 Å². The van der Waals surface area contributed by atoms with Gasteiger partial charge in [-0.2, -0.15) is 0 Å². The number of hydrogen-bond acceptors (Lipinski definition) is 3. The van der Waals surface area contributed by atoms with E-state index >= 15 is 0 Å². The van der Waals surface area contributed by atoms with Crippen molar-refractivity contribution < 1.29 is 13.2 Å². The highest BCUT2D eigenvalue weighted by molar-refractivity contribution is 7.89. The van der Waals surface area contributed by atoms with Crippen LogP contribution in [0.15, 0.2) is 65.6 Å². The molecule has 0 heterocycles. The minimum absolute atomic E-state index is 0.166. The summed E-state index contributed by atoms with van der Waals surface area (Å²) < 4.78 is 28.7. The van der Waals surface area contributed by atoms with Crippen molar-refractivity contribution in [3.8, 4) is 0 Å². The van der Waals surface area contributed by atoms with Crippen molar-refractivity contribution in [3.63, 3.8) is 0 Å². The average molecular weight is 380 g/mol. The molecular formula is C21H20N2O3S. The number of carbonyl (C=O) groups is 1. The second kappa shape index (κ2) is 6.79. The summed E-state index contributed by atoms with van der Waals surface area (Å²) in [7, 11) is -3.65. The van der Waals surface area contributed by atoms with Crippen molar-refractivity contribution in [1.82, 2.24) is 4.72 Å². The van der Waals surface area contributed by atoms with Crippen LogP contribution in [-0.2, 0) is 21.2 Å². The van der Waals surface area contributed by atoms with E-state index in [9.17, 15) is 13.2 Å². The van der Waals surface area contributed by atoms with Crippen LogP contribution >= 0.6 is 0 Å². The molecule has 1 atom stereocenters. The molecule has 0 bridgehead atoms. The van der Waals surface area contributed by atoms with E-state index in [2.05, 4.69) is 10.0 Å². The lowest BCUT2D eigenvalue weighted by molar-refractivity contribution is -0.114. The predicted octanol–water partition coefficient (Wildman–Crippen LogP) is 3.76. The van der Waals surface area contributed by atoms with Crippen molar-refractivity contribution in [3.05, 3.63) is 71.8 Å². The molecule has 6 heteroatoms. The number of fused-ring (bicyclic) bond motifs is 2. The summed E-state index contributed by atoms with van der Waals surface area (Å²) in [4.78, 5) is 11.6. The third-order valence-electron chi connectivity index (χ3n) is 4.90. The predicted molar refractivity (Wildman–Crippen MR) is 106 cm³/mol. The molecule has 27 heavy (non-hydrogen) atoms. The molecule has 2 N–H and O–H groups in total. The van der Waals surface area contributed by atoms with E-state index in [1.807, 2.05) is 30.3 Å². The number of amides is 1. The smallest absolute Gasteiger partial charge is 0.241 e. The molecule has 0 aliphatic heterocycles. The first-order valence-electron chi connectivity index (χ1n) is 8.84. The monoisotopic (exact) mass is 380 g/mol. The van der Waals surface area contributed by atoms with Crippen LogP contribution in [0.3, 0.4) is 0 Å². The van der Waals surface area contributed by atoms with Gasteiger partial charge in [-0.1, -0.05) is 42.5 Å². The molecule has 0 saturated carbocycles. The van der Waals surface area contributed by atoms with Crippen LogP contribution in [0.25, 0.3) is 10.8 Å². The first kappa shape index (κ1) is 17.7. The number of nitrogens with one attached hydrogen (secondary N) is 2. The topological polar surface area (TPSA) is 75.3 Å². The van der Waals surface area contributed by atoms with Crippen LogP contribution in [0.5, 0.6) is 0 Å². The molecule has 0 radical (unpaired) electrons. The summed E-state index contributed by atoms with van der Waals surface area (Å²) in [6.45, 7) is 1.45. The molecule has 0 saturated heterocycles. The van der Waals surface area contributed by atoms with E-state index in [-0.39, 0.29) is 16.8 Å². The Balaban J connectivity index is 1.66. The van der Waals surface area contributed by atoms with E-state index in [0.29, 0.717) is 5.69 Å². The van der Waals surface area contributed by atoms with E-state index in [1.54, 1.807) is 30.3 Å². The first-order chi connectivity index (χ1) is 12.9. The van der Waals surface area contributed by atoms with Crippen LogP contribution in [0, 0.1) is 0 Å². The molecule has 0 aromatic heterocycles. The summed E-state index contributed by atoms with van der Waals surface area (Å²) in [5.41, 5.74) is 2.92. The molecule has 0 fully saturated rings. The van der Waals surface area contributed by atoms with E-state index < -0.39 is 10.0 Å². The SMILES string of the molecule is CC(=O)Nc1cccc2cc(S(=O)(=O)NC3CCc4ccccc43)ccc12. The number of aryl methyl sites for hydroxylation is 1. The average Bonchev–Trinajstić information content (AvgIpc) is 3.04. The fraction of sp³-hybridized carbons (Fsp3) is 0.190. The molecule has 1 unspecified atom stereocenters. The number of benzene rings is 3. The Hall–Kier alpha value is -2.70. The Kier molecular flexibility index (Phi) is 4.45. The van der Waals surface area contributed by atoms with Gasteiger partial charge in [0, 0.05) is 24.0 Å². The van der Waals surface area contributed by atoms with Crippen molar-refractivity contribution in [2.45, 2.75) is 30.7 Å². The molecule has 3 aromatic carbocycles. The molecule has 5 nitrogen and oxygen atoms in total. The second-order valence-electron chi connectivity index (χ2n) is 6.78. The lowest BCUT2D eigenvalue weighted by Gasteiger charge is -2.15. The highest BCUT2D eigenvalue weighted by Crippen LogP contribution is 2.33. The van der Waals surface area contributed by atoms with Gasteiger partial charge in [-0.15, -0.1) is 0 Å². The van der Waals surface area contributed by atoms with Crippen LogP contribution < -0.4 is 10.0 Å². The lowest BCUT2D eigenvalue weighted by Crippen LogP contribution is -2.27. The van der Waals surface area contributed by atoms with Gasteiger partial charge >= 0.3 is 0 Å². The first-order valence-corrected chi connectivity index (χ1v) is 10.3. The molecule has 1 amide bonds. The Morgan fingerprint density at radius 3 is 2.67 bits per heavy atom. The number of anilines is 1. The maximum absolute atomic E-state index is 12.9. The molecular weight excluding hydrogens is 360 g/mol.